The number of benzene rings is 1. The van der Waals surface area contributed by atoms with Crippen LogP contribution in [-0.2, 0) is 9.47 Å². The predicted octanol–water partition coefficient (Wildman–Crippen LogP) is 2.05. The summed E-state index contributed by atoms with van der Waals surface area (Å²) in [6.07, 6.45) is 0.0982. The van der Waals surface area contributed by atoms with E-state index in [2.05, 4.69) is 15.9 Å². The molecule has 1 aromatic carbocycles. The van der Waals surface area contributed by atoms with Gasteiger partial charge < -0.3 is 9.47 Å². The summed E-state index contributed by atoms with van der Waals surface area (Å²) in [5.74, 6) is 0.00296. The molecule has 1 aliphatic rings. The summed E-state index contributed by atoms with van der Waals surface area (Å²) in [7, 11) is 0. The van der Waals surface area contributed by atoms with Crippen LogP contribution >= 0.6 is 15.9 Å². The van der Waals surface area contributed by atoms with Gasteiger partial charge >= 0.3 is 0 Å². The van der Waals surface area contributed by atoms with Crippen molar-refractivity contribution in [3.8, 4) is 0 Å². The number of halogens is 1. The SMILES string of the molecule is O=C(COC1COC1)c1cccc(Br)c1. The number of ether oxygens (including phenoxy) is 2. The molecule has 15 heavy (non-hydrogen) atoms. The van der Waals surface area contributed by atoms with Crippen LogP contribution < -0.4 is 0 Å². The lowest BCUT2D eigenvalue weighted by molar-refractivity contribution is -0.123. The van der Waals surface area contributed by atoms with E-state index in [1.807, 2.05) is 12.1 Å². The summed E-state index contributed by atoms with van der Waals surface area (Å²) in [5, 5.41) is 0. The van der Waals surface area contributed by atoms with Crippen LogP contribution in [0.2, 0.25) is 0 Å². The van der Waals surface area contributed by atoms with Crippen LogP contribution in [0.15, 0.2) is 28.7 Å². The first kappa shape index (κ1) is 10.8. The average molecular weight is 271 g/mol. The first-order chi connectivity index (χ1) is 7.25. The number of rotatable bonds is 4. The Morgan fingerprint density at radius 2 is 2.33 bits per heavy atom. The Bertz CT molecular complexity index is 361. The summed E-state index contributed by atoms with van der Waals surface area (Å²) in [6.45, 7) is 1.34. The van der Waals surface area contributed by atoms with Crippen LogP contribution in [0.25, 0.3) is 0 Å². The van der Waals surface area contributed by atoms with Crippen LogP contribution in [0.1, 0.15) is 10.4 Å². The van der Waals surface area contributed by atoms with E-state index in [9.17, 15) is 4.79 Å². The molecule has 80 valence electrons. The molecular formula is C11H11BrO3. The summed E-state index contributed by atoms with van der Waals surface area (Å²) in [6, 6.07) is 7.30. The summed E-state index contributed by atoms with van der Waals surface area (Å²) < 4.78 is 11.2. The molecule has 3 nitrogen and oxygen atoms in total. The maximum absolute atomic E-state index is 11.7. The van der Waals surface area contributed by atoms with Gasteiger partial charge in [0.1, 0.15) is 12.7 Å². The van der Waals surface area contributed by atoms with E-state index >= 15 is 0 Å². The van der Waals surface area contributed by atoms with Gasteiger partial charge in [0, 0.05) is 10.0 Å². The molecule has 1 heterocycles. The molecule has 0 N–H and O–H groups in total. The zero-order chi connectivity index (χ0) is 10.7. The van der Waals surface area contributed by atoms with Gasteiger partial charge in [-0.05, 0) is 12.1 Å². The molecule has 1 aliphatic heterocycles. The highest BCUT2D eigenvalue weighted by atomic mass is 79.9. The van der Waals surface area contributed by atoms with E-state index in [0.29, 0.717) is 18.8 Å². The Morgan fingerprint density at radius 1 is 1.53 bits per heavy atom. The monoisotopic (exact) mass is 270 g/mol. The minimum absolute atomic E-state index is 0.00296. The van der Waals surface area contributed by atoms with E-state index in [1.165, 1.54) is 0 Å². The van der Waals surface area contributed by atoms with Crippen LogP contribution in [0.5, 0.6) is 0 Å². The second kappa shape index (κ2) is 4.88. The zero-order valence-corrected chi connectivity index (χ0v) is 9.70. The number of Topliss-reactive ketones (excluding diaryl/α,β-unsaturated/α-hetero) is 1. The first-order valence-electron chi connectivity index (χ1n) is 4.74. The topological polar surface area (TPSA) is 35.5 Å². The Hall–Kier alpha value is -0.710. The molecule has 0 aliphatic carbocycles. The molecule has 0 atom stereocenters. The van der Waals surface area contributed by atoms with E-state index in [0.717, 1.165) is 4.47 Å². The number of hydrogen-bond donors (Lipinski definition) is 0. The molecule has 1 aromatic rings. The maximum atomic E-state index is 11.7. The van der Waals surface area contributed by atoms with E-state index < -0.39 is 0 Å². The molecule has 2 rings (SSSR count). The van der Waals surface area contributed by atoms with Gasteiger partial charge in [-0.25, -0.2) is 0 Å². The van der Waals surface area contributed by atoms with Crippen molar-refractivity contribution in [1.29, 1.82) is 0 Å². The lowest BCUT2D eigenvalue weighted by Gasteiger charge is -2.25. The van der Waals surface area contributed by atoms with Gasteiger partial charge in [-0.2, -0.15) is 0 Å². The molecule has 0 amide bonds. The molecular weight excluding hydrogens is 260 g/mol. The molecule has 0 bridgehead atoms. The smallest absolute Gasteiger partial charge is 0.188 e. The van der Waals surface area contributed by atoms with Crippen molar-refractivity contribution in [3.05, 3.63) is 34.3 Å². The number of carbonyl (C=O) groups excluding carboxylic acids is 1. The minimum atomic E-state index is 0.00296. The van der Waals surface area contributed by atoms with Crippen molar-refractivity contribution >= 4 is 21.7 Å². The lowest BCUT2D eigenvalue weighted by Crippen LogP contribution is -2.37. The molecule has 1 saturated heterocycles. The molecule has 0 aromatic heterocycles. The molecule has 0 radical (unpaired) electrons. The largest absolute Gasteiger partial charge is 0.376 e. The highest BCUT2D eigenvalue weighted by Crippen LogP contribution is 2.13. The first-order valence-corrected chi connectivity index (χ1v) is 5.53. The summed E-state index contributed by atoms with van der Waals surface area (Å²) in [5.41, 5.74) is 0.671. The Balaban J connectivity index is 1.89. The molecule has 1 fully saturated rings. The van der Waals surface area contributed by atoms with Crippen molar-refractivity contribution in [1.82, 2.24) is 0 Å². The molecule has 0 saturated carbocycles. The maximum Gasteiger partial charge on any atom is 0.188 e. The van der Waals surface area contributed by atoms with Gasteiger partial charge in [0.2, 0.25) is 0 Å². The highest BCUT2D eigenvalue weighted by molar-refractivity contribution is 9.10. The average Bonchev–Trinajstić information content (AvgIpc) is 2.15. The van der Waals surface area contributed by atoms with Crippen molar-refractivity contribution in [3.63, 3.8) is 0 Å². The van der Waals surface area contributed by atoms with E-state index in [4.69, 9.17) is 9.47 Å². The van der Waals surface area contributed by atoms with Gasteiger partial charge in [-0.3, -0.25) is 4.79 Å². The Labute approximate surface area is 96.5 Å². The fraction of sp³-hybridized carbons (Fsp3) is 0.364. The lowest BCUT2D eigenvalue weighted by atomic mass is 10.1. The van der Waals surface area contributed by atoms with Crippen molar-refractivity contribution in [2.45, 2.75) is 6.10 Å². The summed E-state index contributed by atoms with van der Waals surface area (Å²) in [4.78, 5) is 11.7. The number of hydrogen-bond acceptors (Lipinski definition) is 3. The summed E-state index contributed by atoms with van der Waals surface area (Å²) >= 11 is 3.32. The standard InChI is InChI=1S/C11H11BrO3/c12-9-3-1-2-8(4-9)11(13)7-15-10-5-14-6-10/h1-4,10H,5-7H2. The van der Waals surface area contributed by atoms with Gasteiger partial charge in [0.05, 0.1) is 13.2 Å². The van der Waals surface area contributed by atoms with Gasteiger partial charge in [-0.15, -0.1) is 0 Å². The zero-order valence-electron chi connectivity index (χ0n) is 8.11. The van der Waals surface area contributed by atoms with Crippen molar-refractivity contribution in [2.75, 3.05) is 19.8 Å². The quantitative estimate of drug-likeness (QED) is 0.786. The fourth-order valence-corrected chi connectivity index (χ4v) is 1.65. The van der Waals surface area contributed by atoms with Crippen molar-refractivity contribution < 1.29 is 14.3 Å². The van der Waals surface area contributed by atoms with Gasteiger partial charge in [0.15, 0.2) is 5.78 Å². The third-order valence-corrected chi connectivity index (χ3v) is 2.70. The van der Waals surface area contributed by atoms with E-state index in [-0.39, 0.29) is 18.5 Å². The third-order valence-electron chi connectivity index (χ3n) is 2.20. The van der Waals surface area contributed by atoms with Crippen LogP contribution in [-0.4, -0.2) is 31.7 Å². The molecule has 0 unspecified atom stereocenters. The Morgan fingerprint density at radius 3 is 2.93 bits per heavy atom. The second-order valence-electron chi connectivity index (χ2n) is 3.40. The van der Waals surface area contributed by atoms with Crippen LogP contribution in [0, 0.1) is 0 Å². The number of carbonyl (C=O) groups is 1. The fourth-order valence-electron chi connectivity index (χ4n) is 1.25. The molecule has 4 heteroatoms. The van der Waals surface area contributed by atoms with Gasteiger partial charge in [0.25, 0.3) is 0 Å². The second-order valence-corrected chi connectivity index (χ2v) is 4.32. The normalized spacial score (nSPS) is 16.1. The number of ketones is 1. The predicted molar refractivity (Wildman–Crippen MR) is 59.0 cm³/mol. The highest BCUT2D eigenvalue weighted by Gasteiger charge is 2.20. The van der Waals surface area contributed by atoms with Crippen LogP contribution in [0.3, 0.4) is 0 Å². The van der Waals surface area contributed by atoms with Crippen LogP contribution in [0.4, 0.5) is 0 Å². The minimum Gasteiger partial charge on any atom is -0.376 e. The van der Waals surface area contributed by atoms with Crippen molar-refractivity contribution in [2.24, 2.45) is 0 Å². The third kappa shape index (κ3) is 2.87. The molecule has 0 spiro atoms. The van der Waals surface area contributed by atoms with E-state index in [1.54, 1.807) is 12.1 Å². The van der Waals surface area contributed by atoms with Gasteiger partial charge in [-0.1, -0.05) is 28.1 Å². The Kier molecular flexibility index (Phi) is 3.51.